The van der Waals surface area contributed by atoms with Crippen LogP contribution in [0.4, 0.5) is 0 Å². The highest BCUT2D eigenvalue weighted by Gasteiger charge is 2.24. The molecule has 1 N–H and O–H groups in total. The van der Waals surface area contributed by atoms with Crippen molar-refractivity contribution in [2.45, 2.75) is 19.4 Å². The number of hydrogen-bond donors (Lipinski definition) is 1. The Hall–Kier alpha value is -1.26. The number of aryl methyl sites for hydroxylation is 1. The predicted molar refractivity (Wildman–Crippen MR) is 68.9 cm³/mol. The van der Waals surface area contributed by atoms with E-state index in [1.165, 1.54) is 0 Å². The van der Waals surface area contributed by atoms with E-state index < -0.39 is 6.10 Å². The zero-order valence-electron chi connectivity index (χ0n) is 10.2. The first-order chi connectivity index (χ1) is 8.56. The molecule has 0 radical (unpaired) electrons. The first-order valence-corrected chi connectivity index (χ1v) is 6.29. The highest BCUT2D eigenvalue weighted by molar-refractivity contribution is 6.31. The van der Waals surface area contributed by atoms with E-state index >= 15 is 0 Å². The zero-order valence-corrected chi connectivity index (χ0v) is 11.0. The van der Waals surface area contributed by atoms with Crippen LogP contribution < -0.4 is 4.74 Å². The van der Waals surface area contributed by atoms with Gasteiger partial charge in [-0.25, -0.2) is 0 Å². The molecule has 1 aliphatic rings. The lowest BCUT2D eigenvalue weighted by Gasteiger charge is -2.16. The summed E-state index contributed by atoms with van der Waals surface area (Å²) < 4.78 is 5.42. The summed E-state index contributed by atoms with van der Waals surface area (Å²) in [4.78, 5) is 13.4. The number of hydrogen-bond acceptors (Lipinski definition) is 3. The van der Waals surface area contributed by atoms with Crippen molar-refractivity contribution >= 4 is 17.5 Å². The third kappa shape index (κ3) is 3.15. The van der Waals surface area contributed by atoms with E-state index in [1.807, 2.05) is 6.92 Å². The Labute approximate surface area is 111 Å². The van der Waals surface area contributed by atoms with E-state index in [2.05, 4.69) is 0 Å². The fraction of sp³-hybridized carbons (Fsp3) is 0.462. The fourth-order valence-corrected chi connectivity index (χ4v) is 2.03. The summed E-state index contributed by atoms with van der Waals surface area (Å²) in [6, 6.07) is 5.28. The Kier molecular flexibility index (Phi) is 4.09. The number of likely N-dealkylation sites (tertiary alicyclic amines) is 1. The number of aliphatic hydroxyl groups excluding tert-OH is 1. The highest BCUT2D eigenvalue weighted by atomic mass is 35.5. The number of β-amino-alcohol motifs (C(OH)–C–C–N with tert-alkyl or cyclic N) is 1. The van der Waals surface area contributed by atoms with Gasteiger partial charge in [0.2, 0.25) is 0 Å². The van der Waals surface area contributed by atoms with Gasteiger partial charge in [-0.15, -0.1) is 0 Å². The second-order valence-electron chi connectivity index (χ2n) is 4.48. The van der Waals surface area contributed by atoms with Gasteiger partial charge in [0.15, 0.2) is 6.61 Å². The molecule has 98 valence electrons. The van der Waals surface area contributed by atoms with Gasteiger partial charge in [-0.1, -0.05) is 11.6 Å². The number of benzene rings is 1. The smallest absolute Gasteiger partial charge is 0.260 e. The van der Waals surface area contributed by atoms with E-state index in [-0.39, 0.29) is 12.5 Å². The second-order valence-corrected chi connectivity index (χ2v) is 4.89. The van der Waals surface area contributed by atoms with Crippen molar-refractivity contribution in [2.75, 3.05) is 19.7 Å². The molecule has 2 rings (SSSR count). The molecule has 1 aromatic rings. The molecule has 1 saturated heterocycles. The lowest BCUT2D eigenvalue weighted by atomic mass is 10.2. The molecule has 1 aliphatic heterocycles. The summed E-state index contributed by atoms with van der Waals surface area (Å²) in [6.07, 6.45) is 0.248. The number of ether oxygens (including phenoxy) is 1. The normalized spacial score (nSPS) is 19.1. The van der Waals surface area contributed by atoms with Crippen molar-refractivity contribution < 1.29 is 14.6 Å². The first kappa shape index (κ1) is 13.2. The Balaban J connectivity index is 1.87. The van der Waals surface area contributed by atoms with Crippen LogP contribution in [-0.4, -0.2) is 41.7 Å². The molecule has 0 saturated carbocycles. The lowest BCUT2D eigenvalue weighted by Crippen LogP contribution is -2.33. The van der Waals surface area contributed by atoms with Crippen LogP contribution in [0.2, 0.25) is 5.02 Å². The average Bonchev–Trinajstić information content (AvgIpc) is 2.77. The van der Waals surface area contributed by atoms with Crippen LogP contribution in [0, 0.1) is 6.92 Å². The van der Waals surface area contributed by atoms with Crippen molar-refractivity contribution in [3.8, 4) is 5.75 Å². The minimum atomic E-state index is -0.397. The van der Waals surface area contributed by atoms with Gasteiger partial charge in [0.1, 0.15) is 5.75 Å². The topological polar surface area (TPSA) is 49.8 Å². The van der Waals surface area contributed by atoms with Crippen LogP contribution in [0.5, 0.6) is 5.75 Å². The number of carbonyl (C=O) groups is 1. The summed E-state index contributed by atoms with van der Waals surface area (Å²) in [6.45, 7) is 2.88. The molecular formula is C13H16ClNO3. The van der Waals surface area contributed by atoms with Gasteiger partial charge < -0.3 is 14.7 Å². The summed E-state index contributed by atoms with van der Waals surface area (Å²) in [5.74, 6) is 0.532. The van der Waals surface area contributed by atoms with E-state index in [9.17, 15) is 9.90 Å². The van der Waals surface area contributed by atoms with Crippen LogP contribution in [0.15, 0.2) is 18.2 Å². The van der Waals surface area contributed by atoms with Gasteiger partial charge >= 0.3 is 0 Å². The van der Waals surface area contributed by atoms with E-state index in [0.29, 0.717) is 30.3 Å². The van der Waals surface area contributed by atoms with Crippen molar-refractivity contribution in [1.29, 1.82) is 0 Å². The highest BCUT2D eigenvalue weighted by Crippen LogP contribution is 2.21. The maximum absolute atomic E-state index is 11.8. The molecule has 1 heterocycles. The summed E-state index contributed by atoms with van der Waals surface area (Å²) >= 11 is 5.90. The number of amides is 1. The summed E-state index contributed by atoms with van der Waals surface area (Å²) in [5.41, 5.74) is 0.915. The van der Waals surface area contributed by atoms with Crippen molar-refractivity contribution in [3.05, 3.63) is 28.8 Å². The van der Waals surface area contributed by atoms with E-state index in [1.54, 1.807) is 23.1 Å². The third-order valence-corrected chi connectivity index (χ3v) is 3.43. The van der Waals surface area contributed by atoms with Crippen LogP contribution >= 0.6 is 11.6 Å². The molecule has 1 fully saturated rings. The van der Waals surface area contributed by atoms with Gasteiger partial charge in [-0.05, 0) is 37.1 Å². The van der Waals surface area contributed by atoms with Crippen LogP contribution in [-0.2, 0) is 4.79 Å². The monoisotopic (exact) mass is 269 g/mol. The molecule has 4 nitrogen and oxygen atoms in total. The van der Waals surface area contributed by atoms with Crippen LogP contribution in [0.25, 0.3) is 0 Å². The molecule has 1 aromatic carbocycles. The number of aliphatic hydroxyl groups is 1. The standard InChI is InChI=1S/C13H16ClNO3/c1-9-6-11(2-3-12(9)14)18-8-13(17)15-5-4-10(16)7-15/h2-3,6,10,16H,4-5,7-8H2,1H3/t10-/m0/s1. The van der Waals surface area contributed by atoms with E-state index in [4.69, 9.17) is 16.3 Å². The maximum atomic E-state index is 11.8. The third-order valence-electron chi connectivity index (χ3n) is 3.01. The first-order valence-electron chi connectivity index (χ1n) is 5.91. The number of rotatable bonds is 3. The largest absolute Gasteiger partial charge is 0.484 e. The van der Waals surface area contributed by atoms with Gasteiger partial charge in [0, 0.05) is 18.1 Å². The average molecular weight is 270 g/mol. The van der Waals surface area contributed by atoms with Gasteiger partial charge in [-0.3, -0.25) is 4.79 Å². The lowest BCUT2D eigenvalue weighted by molar-refractivity contribution is -0.132. The van der Waals surface area contributed by atoms with Crippen molar-refractivity contribution in [2.24, 2.45) is 0 Å². The Morgan fingerprint density at radius 3 is 3.00 bits per heavy atom. The molecular weight excluding hydrogens is 254 g/mol. The minimum absolute atomic E-state index is 0.00616. The molecule has 18 heavy (non-hydrogen) atoms. The van der Waals surface area contributed by atoms with Gasteiger partial charge in [0.05, 0.1) is 6.10 Å². The molecule has 1 atom stereocenters. The summed E-state index contributed by atoms with van der Waals surface area (Å²) in [7, 11) is 0. The number of carbonyl (C=O) groups excluding carboxylic acids is 1. The quantitative estimate of drug-likeness (QED) is 0.907. The Bertz CT molecular complexity index is 450. The zero-order chi connectivity index (χ0) is 13.1. The molecule has 0 unspecified atom stereocenters. The van der Waals surface area contributed by atoms with Gasteiger partial charge in [-0.2, -0.15) is 0 Å². The molecule has 0 aromatic heterocycles. The molecule has 1 amide bonds. The summed E-state index contributed by atoms with van der Waals surface area (Å²) in [5, 5.41) is 10.0. The maximum Gasteiger partial charge on any atom is 0.260 e. The van der Waals surface area contributed by atoms with Crippen LogP contribution in [0.3, 0.4) is 0 Å². The Morgan fingerprint density at radius 1 is 1.61 bits per heavy atom. The van der Waals surface area contributed by atoms with Crippen LogP contribution in [0.1, 0.15) is 12.0 Å². The second kappa shape index (κ2) is 5.59. The molecule has 0 bridgehead atoms. The molecule has 0 spiro atoms. The number of nitrogens with zero attached hydrogens (tertiary/aromatic N) is 1. The Morgan fingerprint density at radius 2 is 2.39 bits per heavy atom. The van der Waals surface area contributed by atoms with Gasteiger partial charge in [0.25, 0.3) is 5.91 Å². The van der Waals surface area contributed by atoms with Crippen molar-refractivity contribution in [1.82, 2.24) is 4.90 Å². The minimum Gasteiger partial charge on any atom is -0.484 e. The van der Waals surface area contributed by atoms with E-state index in [0.717, 1.165) is 5.56 Å². The molecule has 5 heteroatoms. The SMILES string of the molecule is Cc1cc(OCC(=O)N2CC[C@H](O)C2)ccc1Cl. The van der Waals surface area contributed by atoms with Crippen molar-refractivity contribution in [3.63, 3.8) is 0 Å². The molecule has 0 aliphatic carbocycles. The number of halogens is 1. The predicted octanol–water partition coefficient (Wildman–Crippen LogP) is 1.62. The fourth-order valence-electron chi connectivity index (χ4n) is 1.91.